The topological polar surface area (TPSA) is 38.9 Å². The van der Waals surface area contributed by atoms with E-state index in [1.165, 1.54) is 5.69 Å². The van der Waals surface area contributed by atoms with E-state index in [-0.39, 0.29) is 0 Å². The van der Waals surface area contributed by atoms with Gasteiger partial charge in [0.25, 0.3) is 0 Å². The van der Waals surface area contributed by atoms with Crippen LogP contribution in [-0.4, -0.2) is 37.6 Å². The summed E-state index contributed by atoms with van der Waals surface area (Å²) in [7, 11) is 1.98. The molecule has 0 bridgehead atoms. The fourth-order valence-electron chi connectivity index (χ4n) is 3.85. The first-order chi connectivity index (χ1) is 11.5. The number of fused-ring (bicyclic) bond motifs is 1. The van der Waals surface area contributed by atoms with Crippen molar-refractivity contribution >= 4 is 22.5 Å². The molecule has 5 nitrogen and oxygen atoms in total. The van der Waals surface area contributed by atoms with Crippen molar-refractivity contribution in [2.45, 2.75) is 32.9 Å². The van der Waals surface area contributed by atoms with Crippen LogP contribution >= 0.6 is 11.6 Å². The van der Waals surface area contributed by atoms with Crippen LogP contribution in [0.4, 0.5) is 0 Å². The Balaban J connectivity index is 1.56. The lowest BCUT2D eigenvalue weighted by atomic mass is 10.2. The molecule has 1 aliphatic heterocycles. The number of hydrogen-bond donors (Lipinski definition) is 0. The van der Waals surface area contributed by atoms with Crippen LogP contribution < -0.4 is 0 Å². The largest absolute Gasteiger partial charge is 0.295 e. The lowest BCUT2D eigenvalue weighted by Gasteiger charge is -2.16. The van der Waals surface area contributed by atoms with E-state index in [0.717, 1.165) is 53.4 Å². The summed E-state index contributed by atoms with van der Waals surface area (Å²) in [5.41, 5.74) is 4.48. The number of hydrogen-bond acceptors (Lipinski definition) is 3. The van der Waals surface area contributed by atoms with Crippen LogP contribution in [0.1, 0.15) is 29.5 Å². The van der Waals surface area contributed by atoms with Gasteiger partial charge in [-0.1, -0.05) is 17.7 Å². The van der Waals surface area contributed by atoms with Gasteiger partial charge in [-0.25, -0.2) is 0 Å². The van der Waals surface area contributed by atoms with Crippen molar-refractivity contribution in [3.63, 3.8) is 0 Å². The Labute approximate surface area is 146 Å². The molecule has 1 unspecified atom stereocenters. The third-order valence-electron chi connectivity index (χ3n) is 4.91. The predicted molar refractivity (Wildman–Crippen MR) is 96.4 cm³/mol. The molecule has 126 valence electrons. The maximum absolute atomic E-state index is 6.42. The van der Waals surface area contributed by atoms with Gasteiger partial charge < -0.3 is 0 Å². The van der Waals surface area contributed by atoms with Crippen LogP contribution in [0.3, 0.4) is 0 Å². The van der Waals surface area contributed by atoms with Crippen LogP contribution in [-0.2, 0) is 13.6 Å². The number of nitrogens with zero attached hydrogens (tertiary/aromatic N) is 5. The molecule has 0 aliphatic carbocycles. The van der Waals surface area contributed by atoms with Gasteiger partial charge in [0.15, 0.2) is 0 Å². The zero-order valence-electron chi connectivity index (χ0n) is 14.3. The number of likely N-dealkylation sites (tertiary alicyclic amines) is 1. The van der Waals surface area contributed by atoms with Crippen LogP contribution in [0.5, 0.6) is 0 Å². The Morgan fingerprint density at radius 1 is 1.25 bits per heavy atom. The van der Waals surface area contributed by atoms with Crippen molar-refractivity contribution in [2.75, 3.05) is 13.1 Å². The van der Waals surface area contributed by atoms with Gasteiger partial charge >= 0.3 is 0 Å². The van der Waals surface area contributed by atoms with E-state index < -0.39 is 0 Å². The minimum absolute atomic E-state index is 0.448. The van der Waals surface area contributed by atoms with Crippen molar-refractivity contribution < 1.29 is 0 Å². The smallest absolute Gasteiger partial charge is 0.0858 e. The van der Waals surface area contributed by atoms with E-state index in [9.17, 15) is 0 Å². The number of aryl methyl sites for hydroxylation is 3. The summed E-state index contributed by atoms with van der Waals surface area (Å²) in [6, 6.07) is 8.58. The summed E-state index contributed by atoms with van der Waals surface area (Å²) in [5.74, 6) is 0. The fraction of sp³-hybridized carbons (Fsp3) is 0.444. The van der Waals surface area contributed by atoms with Gasteiger partial charge in [-0.15, -0.1) is 0 Å². The fourth-order valence-corrected chi connectivity index (χ4v) is 4.13. The van der Waals surface area contributed by atoms with E-state index >= 15 is 0 Å². The molecule has 0 amide bonds. The van der Waals surface area contributed by atoms with Gasteiger partial charge in [0.1, 0.15) is 0 Å². The highest BCUT2D eigenvalue weighted by Crippen LogP contribution is 2.29. The molecule has 0 N–H and O–H groups in total. The van der Waals surface area contributed by atoms with Crippen LogP contribution in [0, 0.1) is 13.8 Å². The molecule has 0 saturated carbocycles. The maximum Gasteiger partial charge on any atom is 0.0858 e. The van der Waals surface area contributed by atoms with E-state index in [2.05, 4.69) is 40.7 Å². The highest BCUT2D eigenvalue weighted by molar-refractivity contribution is 6.35. The summed E-state index contributed by atoms with van der Waals surface area (Å²) >= 11 is 6.42. The monoisotopic (exact) mass is 343 g/mol. The van der Waals surface area contributed by atoms with Gasteiger partial charge in [0.2, 0.25) is 0 Å². The van der Waals surface area contributed by atoms with Crippen molar-refractivity contribution in [3.8, 4) is 0 Å². The Morgan fingerprint density at radius 2 is 2.08 bits per heavy atom. The molecule has 1 aliphatic rings. The zero-order chi connectivity index (χ0) is 16.8. The second-order valence-electron chi connectivity index (χ2n) is 6.75. The van der Waals surface area contributed by atoms with Crippen LogP contribution in [0.15, 0.2) is 24.3 Å². The molecule has 2 aromatic heterocycles. The molecule has 1 atom stereocenters. The first kappa shape index (κ1) is 15.7. The summed E-state index contributed by atoms with van der Waals surface area (Å²) in [6.45, 7) is 7.08. The Morgan fingerprint density at radius 3 is 2.83 bits per heavy atom. The lowest BCUT2D eigenvalue weighted by molar-refractivity contribution is 0.307. The van der Waals surface area contributed by atoms with Gasteiger partial charge in [0, 0.05) is 37.8 Å². The van der Waals surface area contributed by atoms with E-state index in [0.29, 0.717) is 6.04 Å². The molecule has 0 radical (unpaired) electrons. The van der Waals surface area contributed by atoms with Gasteiger partial charge in [-0.3, -0.25) is 14.3 Å². The van der Waals surface area contributed by atoms with E-state index in [1.54, 1.807) is 0 Å². The molecule has 3 aromatic rings. The highest BCUT2D eigenvalue weighted by atomic mass is 35.5. The standard InChI is InChI=1S/C18H22ClN5/c1-12-9-13(2)24(20-12)14-7-8-23(10-14)11-16-18-15(19)5-4-6-17(18)22(3)21-16/h4-6,9,14H,7-8,10-11H2,1-3H3. The summed E-state index contributed by atoms with van der Waals surface area (Å²) in [5, 5.41) is 11.2. The number of aromatic nitrogens is 4. The lowest BCUT2D eigenvalue weighted by Crippen LogP contribution is -2.22. The zero-order valence-corrected chi connectivity index (χ0v) is 15.1. The minimum atomic E-state index is 0.448. The van der Waals surface area contributed by atoms with Crippen molar-refractivity contribution in [1.29, 1.82) is 0 Å². The molecule has 1 fully saturated rings. The highest BCUT2D eigenvalue weighted by Gasteiger charge is 2.27. The average molecular weight is 344 g/mol. The second-order valence-corrected chi connectivity index (χ2v) is 7.16. The number of halogens is 1. The summed E-state index contributed by atoms with van der Waals surface area (Å²) < 4.78 is 4.10. The first-order valence-electron chi connectivity index (χ1n) is 8.38. The van der Waals surface area contributed by atoms with Crippen molar-refractivity contribution in [3.05, 3.63) is 46.4 Å². The SMILES string of the molecule is Cc1cc(C)n(C2CCN(Cc3nn(C)c4cccc(Cl)c34)C2)n1. The first-order valence-corrected chi connectivity index (χ1v) is 8.76. The minimum Gasteiger partial charge on any atom is -0.295 e. The molecule has 1 aromatic carbocycles. The van der Waals surface area contributed by atoms with E-state index in [4.69, 9.17) is 16.7 Å². The predicted octanol–water partition coefficient (Wildman–Crippen LogP) is 3.49. The third kappa shape index (κ3) is 2.62. The van der Waals surface area contributed by atoms with Gasteiger partial charge in [-0.05, 0) is 38.5 Å². The molecule has 1 saturated heterocycles. The molecule has 4 rings (SSSR count). The average Bonchev–Trinajstić information content (AvgIpc) is 3.20. The second kappa shape index (κ2) is 5.90. The van der Waals surface area contributed by atoms with Crippen molar-refractivity contribution in [2.24, 2.45) is 7.05 Å². The Hall–Kier alpha value is -1.85. The van der Waals surface area contributed by atoms with Gasteiger partial charge in [0.05, 0.1) is 28.0 Å². The third-order valence-corrected chi connectivity index (χ3v) is 5.23. The molecule has 6 heteroatoms. The van der Waals surface area contributed by atoms with Crippen LogP contribution in [0.2, 0.25) is 5.02 Å². The summed E-state index contributed by atoms with van der Waals surface area (Å²) in [6.07, 6.45) is 1.13. The van der Waals surface area contributed by atoms with Gasteiger partial charge in [-0.2, -0.15) is 10.2 Å². The molecular weight excluding hydrogens is 322 g/mol. The Kier molecular flexibility index (Phi) is 3.85. The summed E-state index contributed by atoms with van der Waals surface area (Å²) in [4.78, 5) is 2.45. The molecule has 3 heterocycles. The molecule has 24 heavy (non-hydrogen) atoms. The molecule has 0 spiro atoms. The quantitative estimate of drug-likeness (QED) is 0.730. The normalized spacial score (nSPS) is 18.8. The maximum atomic E-state index is 6.42. The van der Waals surface area contributed by atoms with Crippen molar-refractivity contribution in [1.82, 2.24) is 24.5 Å². The molecular formula is C18H22ClN5. The number of benzene rings is 1. The Bertz CT molecular complexity index is 894. The van der Waals surface area contributed by atoms with E-state index in [1.807, 2.05) is 23.9 Å². The number of rotatable bonds is 3. The van der Waals surface area contributed by atoms with Crippen LogP contribution in [0.25, 0.3) is 10.9 Å².